The van der Waals surface area contributed by atoms with Gasteiger partial charge in [-0.3, -0.25) is 52.7 Å². The molecule has 0 radical (unpaired) electrons. The molecule has 0 aliphatic rings. The number of amides is 11. The minimum Gasteiger partial charge on any atom is -0.480 e. The third kappa shape index (κ3) is 25.0. The maximum absolute atomic E-state index is 14.3. The third-order valence-electron chi connectivity index (χ3n) is 13.9. The van der Waals surface area contributed by atoms with E-state index in [0.29, 0.717) is 31.2 Å². The van der Waals surface area contributed by atoms with E-state index in [1.54, 1.807) is 65.9 Å². The largest absolute Gasteiger partial charge is 0.480 e. The van der Waals surface area contributed by atoms with Crippen molar-refractivity contribution >= 4 is 81.9 Å². The summed E-state index contributed by atoms with van der Waals surface area (Å²) >= 11 is 0. The number of carbonyl (C=O) groups is 12. The number of carboxylic acids is 1. The molecule has 0 saturated heterocycles. The second kappa shape index (κ2) is 36.1. The number of aromatic nitrogens is 1. The Morgan fingerprint density at radius 1 is 0.560 bits per heavy atom. The summed E-state index contributed by atoms with van der Waals surface area (Å²) in [6.07, 6.45) is -0.0140. The molecule has 0 bridgehead atoms. The topological polar surface area (TPSA) is 473 Å². The monoisotopic (exact) mass is 1180 g/mol. The van der Waals surface area contributed by atoms with Crippen LogP contribution in [0.15, 0.2) is 30.5 Å². The summed E-state index contributed by atoms with van der Waals surface area (Å²) in [6.45, 7) is 14.7. The maximum atomic E-state index is 14.3. The number of hydrogen-bond acceptors (Lipinski definition) is 15. The molecule has 28 heteroatoms. The predicted molar refractivity (Wildman–Crippen MR) is 311 cm³/mol. The van der Waals surface area contributed by atoms with Gasteiger partial charge in [0.2, 0.25) is 65.0 Å². The fourth-order valence-corrected chi connectivity index (χ4v) is 8.91. The van der Waals surface area contributed by atoms with Gasteiger partial charge in [-0.2, -0.15) is 0 Å². The fraction of sp³-hybridized carbons (Fsp3) is 0.643. The van der Waals surface area contributed by atoms with E-state index in [1.807, 2.05) is 19.9 Å². The Kier molecular flexibility index (Phi) is 31.1. The van der Waals surface area contributed by atoms with Gasteiger partial charge >= 0.3 is 5.97 Å². The molecule has 28 nitrogen and oxygen atoms in total. The molecule has 11 amide bonds. The van der Waals surface area contributed by atoms with Gasteiger partial charge in [-0.1, -0.05) is 80.0 Å². The molecule has 0 spiro atoms. The number of aromatic amines is 1. The fourth-order valence-electron chi connectivity index (χ4n) is 8.91. The van der Waals surface area contributed by atoms with Crippen LogP contribution in [-0.2, 0) is 64.0 Å². The van der Waals surface area contributed by atoms with E-state index in [0.717, 1.165) is 10.9 Å². The number of H-pyrrole nitrogens is 1. The minimum atomic E-state index is -1.54. The van der Waals surface area contributed by atoms with Gasteiger partial charge in [0.25, 0.3) is 0 Å². The van der Waals surface area contributed by atoms with Gasteiger partial charge < -0.3 is 86.0 Å². The highest BCUT2D eigenvalue weighted by atomic mass is 16.4. The van der Waals surface area contributed by atoms with Crippen LogP contribution in [0.3, 0.4) is 0 Å². The Morgan fingerprint density at radius 3 is 1.61 bits per heavy atom. The number of benzene rings is 1. The maximum Gasteiger partial charge on any atom is 0.326 e. The van der Waals surface area contributed by atoms with E-state index < -0.39 is 156 Å². The smallest absolute Gasteiger partial charge is 0.326 e. The predicted octanol–water partition coefficient (Wildman–Crippen LogP) is -2.05. The van der Waals surface area contributed by atoms with Crippen molar-refractivity contribution in [2.75, 3.05) is 13.1 Å². The first-order valence-electron chi connectivity index (χ1n) is 28.6. The van der Waals surface area contributed by atoms with E-state index in [-0.39, 0.29) is 56.9 Å². The van der Waals surface area contributed by atoms with Crippen LogP contribution in [0.1, 0.15) is 132 Å². The average Bonchev–Trinajstić information content (AvgIpc) is 4.09. The molecular formula is C56H92N14O14. The van der Waals surface area contributed by atoms with Gasteiger partial charge in [-0.25, -0.2) is 4.79 Å². The van der Waals surface area contributed by atoms with Crippen molar-refractivity contribution in [3.63, 3.8) is 0 Å². The highest BCUT2D eigenvalue weighted by molar-refractivity contribution is 5.98. The summed E-state index contributed by atoms with van der Waals surface area (Å²) in [7, 11) is 0. The molecule has 1 heterocycles. The van der Waals surface area contributed by atoms with Crippen LogP contribution in [0, 0.1) is 23.7 Å². The third-order valence-corrected chi connectivity index (χ3v) is 13.9. The van der Waals surface area contributed by atoms with Crippen LogP contribution < -0.4 is 70.8 Å². The van der Waals surface area contributed by atoms with E-state index >= 15 is 0 Å². The number of aliphatic hydroxyl groups excluding tert-OH is 1. The second-order valence-corrected chi connectivity index (χ2v) is 22.5. The van der Waals surface area contributed by atoms with Crippen molar-refractivity contribution in [3.05, 3.63) is 36.0 Å². The van der Waals surface area contributed by atoms with Crippen LogP contribution in [-0.4, -0.2) is 160 Å². The van der Waals surface area contributed by atoms with Crippen molar-refractivity contribution in [1.82, 2.24) is 52.8 Å². The number of carboxylic acid groups (broad SMARTS) is 1. The Labute approximate surface area is 490 Å². The van der Waals surface area contributed by atoms with Gasteiger partial charge in [-0.05, 0) is 93.7 Å². The standard InChI is InChI=1S/C56H92N14O14/c1-10-31(8)46(54(81)64-37(17-13-14-22-57)50(77)63-38(18-20-42(59)72)51(78)66-40(24-29(4)5)52(79)65-39(56(83)84)19-21-43(60)73)68-44(74)27-62-49(76)41(25-33-26-61-36-16-12-11-15-34(33)36)67-53(80)45(30(6)7)69-55(82)47(32(9)71)70-48(75)35(58)23-28(2)3/h11-12,15-16,26,28-32,35,37-41,45-47,61,71H,10,13-14,17-25,27,57-58H2,1-9H3,(H2,59,72)(H2,60,73)(H,62,76)(H,63,77)(H,64,81)(H,65,79)(H,66,78)(H,67,80)(H,68,74)(H,69,82)(H,70,75)(H,83,84)/t31-,32+,35-,37-,38-,39-,40-,41-,45-,46-,47-/m0/s1. The van der Waals surface area contributed by atoms with Crippen molar-refractivity contribution in [2.24, 2.45) is 46.6 Å². The molecule has 20 N–H and O–H groups in total. The summed E-state index contributed by atoms with van der Waals surface area (Å²) in [5.74, 6) is -12.1. The van der Waals surface area contributed by atoms with E-state index in [4.69, 9.17) is 22.9 Å². The summed E-state index contributed by atoms with van der Waals surface area (Å²) in [5, 5.41) is 43.9. The molecule has 470 valence electrons. The Morgan fingerprint density at radius 2 is 1.06 bits per heavy atom. The number of nitrogens with one attached hydrogen (secondary N) is 10. The van der Waals surface area contributed by atoms with E-state index in [1.165, 1.54) is 6.92 Å². The molecule has 0 unspecified atom stereocenters. The number of aliphatic carboxylic acids is 1. The zero-order valence-electron chi connectivity index (χ0n) is 49.8. The summed E-state index contributed by atoms with van der Waals surface area (Å²) in [4.78, 5) is 163. The molecule has 1 aromatic carbocycles. The van der Waals surface area contributed by atoms with Crippen LogP contribution in [0.4, 0.5) is 0 Å². The molecule has 84 heavy (non-hydrogen) atoms. The molecule has 0 aliphatic carbocycles. The lowest BCUT2D eigenvalue weighted by Gasteiger charge is -2.29. The van der Waals surface area contributed by atoms with Crippen molar-refractivity contribution in [3.8, 4) is 0 Å². The minimum absolute atomic E-state index is 0.00567. The molecule has 2 rings (SSSR count). The number of aliphatic hydroxyl groups is 1. The van der Waals surface area contributed by atoms with Crippen molar-refractivity contribution < 1.29 is 67.7 Å². The lowest BCUT2D eigenvalue weighted by atomic mass is 9.97. The quantitative estimate of drug-likeness (QED) is 0.0321. The lowest BCUT2D eigenvalue weighted by Crippen LogP contribution is -2.61. The van der Waals surface area contributed by atoms with Crippen LogP contribution in [0.25, 0.3) is 10.9 Å². The number of para-hydroxylation sites is 1. The summed E-state index contributed by atoms with van der Waals surface area (Å²) in [5.41, 5.74) is 23.7. The summed E-state index contributed by atoms with van der Waals surface area (Å²) in [6, 6.07) is -5.06. The average molecular weight is 1190 g/mol. The van der Waals surface area contributed by atoms with Crippen LogP contribution >= 0.6 is 0 Å². The Balaban J connectivity index is 2.41. The second-order valence-electron chi connectivity index (χ2n) is 22.5. The Bertz CT molecular complexity index is 2570. The number of fused-ring (bicyclic) bond motifs is 1. The number of primary amides is 2. The molecular weight excluding hydrogens is 1090 g/mol. The van der Waals surface area contributed by atoms with Crippen LogP contribution in [0.2, 0.25) is 0 Å². The molecule has 0 fully saturated rings. The zero-order chi connectivity index (χ0) is 63.5. The van der Waals surface area contributed by atoms with Crippen molar-refractivity contribution in [2.45, 2.75) is 193 Å². The SMILES string of the molecule is CC[C@H](C)[C@H](NC(=O)CNC(=O)[C@H](Cc1c[nH]c2ccccc12)NC(=O)[C@@H](NC(=O)[C@@H](NC(=O)[C@@H](N)CC(C)C)[C@@H](C)O)C(C)C)C(=O)N[C@@H](CCCCN)C(=O)N[C@@H](CCC(N)=O)C(=O)N[C@@H](CC(C)C)C(=O)N[C@@H](CCC(N)=O)C(=O)O. The van der Waals surface area contributed by atoms with Gasteiger partial charge in [0, 0.05) is 36.4 Å². The first-order chi connectivity index (χ1) is 39.4. The molecule has 1 aromatic heterocycles. The Hall–Kier alpha value is -7.72. The molecule has 11 atom stereocenters. The zero-order valence-corrected chi connectivity index (χ0v) is 49.8. The molecule has 0 saturated carbocycles. The lowest BCUT2D eigenvalue weighted by molar-refractivity contribution is -0.142. The highest BCUT2D eigenvalue weighted by Crippen LogP contribution is 2.20. The number of unbranched alkanes of at least 4 members (excludes halogenated alkanes) is 1. The van der Waals surface area contributed by atoms with Gasteiger partial charge in [0.1, 0.15) is 48.3 Å². The number of hydrogen-bond donors (Lipinski definition) is 16. The van der Waals surface area contributed by atoms with Gasteiger partial charge in [0.05, 0.1) is 18.7 Å². The molecule has 0 aliphatic heterocycles. The van der Waals surface area contributed by atoms with Crippen LogP contribution in [0.5, 0.6) is 0 Å². The van der Waals surface area contributed by atoms with Gasteiger partial charge in [-0.15, -0.1) is 0 Å². The van der Waals surface area contributed by atoms with Crippen molar-refractivity contribution in [1.29, 1.82) is 0 Å². The normalized spacial score (nSPS) is 15.3. The number of nitrogens with two attached hydrogens (primary N) is 4. The first kappa shape index (κ1) is 72.4. The van der Waals surface area contributed by atoms with E-state index in [9.17, 15) is 67.7 Å². The van der Waals surface area contributed by atoms with Gasteiger partial charge in [0.15, 0.2) is 0 Å². The molecule has 2 aromatic rings. The summed E-state index contributed by atoms with van der Waals surface area (Å²) < 4.78 is 0. The number of rotatable bonds is 39. The van der Waals surface area contributed by atoms with E-state index in [2.05, 4.69) is 52.8 Å². The first-order valence-corrected chi connectivity index (χ1v) is 28.6. The highest BCUT2D eigenvalue weighted by Gasteiger charge is 2.37. The number of carbonyl (C=O) groups excluding carboxylic acids is 11.